The number of nitrogens with two attached hydrogens (primary N) is 1. The molecule has 94 valence electrons. The molecule has 0 spiro atoms. The number of aromatic nitrogens is 1. The highest BCUT2D eigenvalue weighted by molar-refractivity contribution is 7.80. The van der Waals surface area contributed by atoms with Crippen LogP contribution in [0.2, 0.25) is 0 Å². The van der Waals surface area contributed by atoms with E-state index in [0.29, 0.717) is 24.2 Å². The van der Waals surface area contributed by atoms with Crippen LogP contribution in [0.25, 0.3) is 11.1 Å². The van der Waals surface area contributed by atoms with Crippen LogP contribution >= 0.6 is 12.2 Å². The van der Waals surface area contributed by atoms with Crippen LogP contribution in [-0.4, -0.2) is 35.8 Å². The predicted molar refractivity (Wildman–Crippen MR) is 72.7 cm³/mol. The number of thiocarbonyl (C=S) groups is 1. The summed E-state index contributed by atoms with van der Waals surface area (Å²) in [7, 11) is 0. The van der Waals surface area contributed by atoms with E-state index in [2.05, 4.69) is 4.98 Å². The number of fused-ring (bicyclic) bond motifs is 1. The monoisotopic (exact) mass is 263 g/mol. The van der Waals surface area contributed by atoms with Crippen LogP contribution in [-0.2, 0) is 4.74 Å². The average Bonchev–Trinajstić information content (AvgIpc) is 2.82. The Balaban J connectivity index is 1.87. The zero-order valence-electron chi connectivity index (χ0n) is 9.70. The van der Waals surface area contributed by atoms with Crippen molar-refractivity contribution in [2.45, 2.75) is 6.10 Å². The molecule has 1 fully saturated rings. The van der Waals surface area contributed by atoms with E-state index in [4.69, 9.17) is 27.1 Å². The Hall–Kier alpha value is -1.66. The van der Waals surface area contributed by atoms with E-state index in [1.807, 2.05) is 29.2 Å². The number of oxazole rings is 1. The summed E-state index contributed by atoms with van der Waals surface area (Å²) in [6.45, 7) is 1.88. The minimum absolute atomic E-state index is 0.233. The van der Waals surface area contributed by atoms with Gasteiger partial charge >= 0.3 is 0 Å². The minimum Gasteiger partial charge on any atom is -0.423 e. The van der Waals surface area contributed by atoms with E-state index in [9.17, 15) is 0 Å². The van der Waals surface area contributed by atoms with Crippen molar-refractivity contribution in [3.63, 3.8) is 0 Å². The van der Waals surface area contributed by atoms with Crippen LogP contribution in [0.1, 0.15) is 0 Å². The van der Waals surface area contributed by atoms with Crippen molar-refractivity contribution in [3.05, 3.63) is 24.3 Å². The molecule has 2 heterocycles. The second-order valence-corrected chi connectivity index (χ2v) is 4.64. The molecule has 2 aromatic rings. The zero-order valence-corrected chi connectivity index (χ0v) is 10.5. The van der Waals surface area contributed by atoms with Crippen molar-refractivity contribution in [2.24, 2.45) is 5.73 Å². The molecule has 1 saturated heterocycles. The van der Waals surface area contributed by atoms with Gasteiger partial charge in [-0.25, -0.2) is 0 Å². The van der Waals surface area contributed by atoms with Gasteiger partial charge in [-0.3, -0.25) is 0 Å². The molecule has 1 aliphatic rings. The highest BCUT2D eigenvalue weighted by atomic mass is 32.1. The van der Waals surface area contributed by atoms with Crippen LogP contribution in [0, 0.1) is 0 Å². The van der Waals surface area contributed by atoms with E-state index in [1.165, 1.54) is 0 Å². The van der Waals surface area contributed by atoms with Gasteiger partial charge in [0.2, 0.25) is 0 Å². The zero-order chi connectivity index (χ0) is 12.5. The molecule has 2 N–H and O–H groups in total. The maximum atomic E-state index is 5.71. The first-order chi connectivity index (χ1) is 8.74. The summed E-state index contributed by atoms with van der Waals surface area (Å²) < 4.78 is 11.2. The third-order valence-electron chi connectivity index (χ3n) is 2.94. The number of hydrogen-bond acceptors (Lipinski definition) is 5. The fraction of sp³-hybridized carbons (Fsp3) is 0.333. The minimum atomic E-state index is -0.233. The Kier molecular flexibility index (Phi) is 2.89. The van der Waals surface area contributed by atoms with Crippen molar-refractivity contribution in [3.8, 4) is 0 Å². The fourth-order valence-corrected chi connectivity index (χ4v) is 2.13. The van der Waals surface area contributed by atoms with Crippen molar-refractivity contribution < 1.29 is 9.15 Å². The quantitative estimate of drug-likeness (QED) is 0.824. The van der Waals surface area contributed by atoms with Crippen molar-refractivity contribution in [2.75, 3.05) is 24.6 Å². The lowest BCUT2D eigenvalue weighted by molar-refractivity contribution is 0.0827. The third-order valence-corrected chi connectivity index (χ3v) is 3.20. The van der Waals surface area contributed by atoms with Gasteiger partial charge in [-0.1, -0.05) is 24.4 Å². The molecular formula is C12H13N3O2S. The first kappa shape index (κ1) is 11.4. The molecule has 0 amide bonds. The topological polar surface area (TPSA) is 64.5 Å². The molecule has 0 radical (unpaired) electrons. The Labute approximate surface area is 110 Å². The normalized spacial score (nSPS) is 20.2. The lowest BCUT2D eigenvalue weighted by Crippen LogP contribution is -2.48. The van der Waals surface area contributed by atoms with Gasteiger partial charge in [-0.2, -0.15) is 4.98 Å². The molecule has 0 bridgehead atoms. The highest BCUT2D eigenvalue weighted by Crippen LogP contribution is 2.23. The Morgan fingerprint density at radius 2 is 2.28 bits per heavy atom. The van der Waals surface area contributed by atoms with E-state index < -0.39 is 0 Å². The summed E-state index contributed by atoms with van der Waals surface area (Å²) in [5, 5.41) is 0. The lowest BCUT2D eigenvalue weighted by atomic mass is 10.3. The summed E-state index contributed by atoms with van der Waals surface area (Å²) in [4.78, 5) is 6.83. The number of morpholine rings is 1. The molecule has 1 aromatic heterocycles. The second-order valence-electron chi connectivity index (χ2n) is 4.17. The Morgan fingerprint density at radius 1 is 1.44 bits per heavy atom. The van der Waals surface area contributed by atoms with Gasteiger partial charge in [0.05, 0.1) is 13.2 Å². The van der Waals surface area contributed by atoms with Gasteiger partial charge in [-0.15, -0.1) is 0 Å². The van der Waals surface area contributed by atoms with Crippen molar-refractivity contribution >= 4 is 34.3 Å². The molecule has 1 aliphatic heterocycles. The third kappa shape index (κ3) is 2.04. The number of benzene rings is 1. The van der Waals surface area contributed by atoms with Gasteiger partial charge in [0.1, 0.15) is 16.6 Å². The van der Waals surface area contributed by atoms with Gasteiger partial charge < -0.3 is 19.8 Å². The summed E-state index contributed by atoms with van der Waals surface area (Å²) in [5.74, 6) is 0. The fourth-order valence-electron chi connectivity index (χ4n) is 1.99. The Morgan fingerprint density at radius 3 is 3.06 bits per heavy atom. The first-order valence-electron chi connectivity index (χ1n) is 5.75. The highest BCUT2D eigenvalue weighted by Gasteiger charge is 2.25. The predicted octanol–water partition coefficient (Wildman–Crippen LogP) is 1.32. The molecule has 18 heavy (non-hydrogen) atoms. The molecule has 6 heteroatoms. The molecule has 0 saturated carbocycles. The van der Waals surface area contributed by atoms with Crippen molar-refractivity contribution in [1.29, 1.82) is 0 Å². The average molecular weight is 263 g/mol. The molecule has 0 aliphatic carbocycles. The second kappa shape index (κ2) is 4.55. The number of para-hydroxylation sites is 2. The molecule has 1 aromatic carbocycles. The van der Waals surface area contributed by atoms with Gasteiger partial charge in [0.25, 0.3) is 6.01 Å². The maximum absolute atomic E-state index is 5.71. The van der Waals surface area contributed by atoms with E-state index in [-0.39, 0.29) is 6.10 Å². The number of anilines is 1. The SMILES string of the molecule is NC(=S)C1CN(c2nc3ccccc3o2)CCO1. The van der Waals surface area contributed by atoms with E-state index >= 15 is 0 Å². The van der Waals surface area contributed by atoms with Gasteiger partial charge in [-0.05, 0) is 12.1 Å². The lowest BCUT2D eigenvalue weighted by Gasteiger charge is -2.31. The van der Waals surface area contributed by atoms with Crippen LogP contribution in [0.15, 0.2) is 28.7 Å². The summed E-state index contributed by atoms with van der Waals surface area (Å²) in [5.41, 5.74) is 7.25. The molecule has 3 rings (SSSR count). The summed E-state index contributed by atoms with van der Waals surface area (Å²) in [6, 6.07) is 8.28. The van der Waals surface area contributed by atoms with E-state index in [1.54, 1.807) is 0 Å². The summed E-state index contributed by atoms with van der Waals surface area (Å²) >= 11 is 4.96. The standard InChI is InChI=1S/C12H13N3O2S/c13-11(18)10-7-15(5-6-16-10)12-14-8-3-1-2-4-9(8)17-12/h1-4,10H,5-7H2,(H2,13,18). The number of nitrogens with zero attached hydrogens (tertiary/aromatic N) is 2. The molecule has 5 nitrogen and oxygen atoms in total. The van der Waals surface area contributed by atoms with Crippen LogP contribution < -0.4 is 10.6 Å². The largest absolute Gasteiger partial charge is 0.423 e. The molecule has 1 unspecified atom stereocenters. The van der Waals surface area contributed by atoms with Gasteiger partial charge in [0.15, 0.2) is 5.58 Å². The maximum Gasteiger partial charge on any atom is 0.298 e. The molecular weight excluding hydrogens is 250 g/mol. The number of rotatable bonds is 2. The van der Waals surface area contributed by atoms with E-state index in [0.717, 1.165) is 17.6 Å². The summed E-state index contributed by atoms with van der Waals surface area (Å²) in [6.07, 6.45) is -0.233. The van der Waals surface area contributed by atoms with Crippen LogP contribution in [0.3, 0.4) is 0 Å². The number of hydrogen-bond donors (Lipinski definition) is 1. The Bertz CT molecular complexity index is 550. The van der Waals surface area contributed by atoms with Gasteiger partial charge in [0, 0.05) is 6.54 Å². The first-order valence-corrected chi connectivity index (χ1v) is 6.16. The number of ether oxygens (including phenoxy) is 1. The van der Waals surface area contributed by atoms with Crippen molar-refractivity contribution in [1.82, 2.24) is 4.98 Å². The van der Waals surface area contributed by atoms with Crippen LogP contribution in [0.4, 0.5) is 6.01 Å². The van der Waals surface area contributed by atoms with Crippen LogP contribution in [0.5, 0.6) is 0 Å². The molecule has 1 atom stereocenters. The smallest absolute Gasteiger partial charge is 0.298 e.